The summed E-state index contributed by atoms with van der Waals surface area (Å²) in [4.78, 5) is 35.4. The Bertz CT molecular complexity index is 1130. The number of carbonyl (C=O) groups is 1. The number of halogens is 1. The predicted molar refractivity (Wildman–Crippen MR) is 101 cm³/mol. The van der Waals surface area contributed by atoms with E-state index in [2.05, 4.69) is 20.3 Å². The second-order valence-corrected chi connectivity index (χ2v) is 6.15. The molecule has 1 atom stereocenters. The van der Waals surface area contributed by atoms with Crippen LogP contribution in [-0.4, -0.2) is 20.9 Å². The average molecular weight is 369 g/mol. The van der Waals surface area contributed by atoms with E-state index in [0.717, 1.165) is 0 Å². The number of hydrogen-bond acceptors (Lipinski definition) is 5. The first-order valence-electron chi connectivity index (χ1n) is 8.21. The third-order valence-electron chi connectivity index (χ3n) is 4.31. The number of aromatic amines is 1. The van der Waals surface area contributed by atoms with Gasteiger partial charge in [0, 0.05) is 19.3 Å². The molecule has 0 spiro atoms. The molecule has 1 aromatic carbocycles. The molecule has 0 saturated heterocycles. The summed E-state index contributed by atoms with van der Waals surface area (Å²) in [5.74, 6) is -0.793. The minimum atomic E-state index is -0.449. The Hall–Kier alpha value is -3.60. The third-order valence-corrected chi connectivity index (χ3v) is 4.31. The summed E-state index contributed by atoms with van der Waals surface area (Å²) in [5.41, 5.74) is 1.66. The van der Waals surface area contributed by atoms with Crippen molar-refractivity contribution in [1.29, 1.82) is 5.26 Å². The van der Waals surface area contributed by atoms with Crippen LogP contribution in [0.3, 0.4) is 0 Å². The van der Waals surface area contributed by atoms with Crippen molar-refractivity contribution in [3.05, 3.63) is 69.3 Å². The fourth-order valence-corrected chi connectivity index (χ4v) is 2.83. The minimum Gasteiger partial charge on any atom is -0.348 e. The van der Waals surface area contributed by atoms with E-state index in [9.17, 15) is 14.0 Å². The van der Waals surface area contributed by atoms with Crippen LogP contribution in [0, 0.1) is 24.1 Å². The number of aromatic nitrogens is 3. The number of rotatable bonds is 4. The molecule has 0 aliphatic rings. The number of carbonyl (C=O) groups excluding carboxylic acids is 1. The van der Waals surface area contributed by atoms with Crippen LogP contribution in [0.1, 0.15) is 38.3 Å². The van der Waals surface area contributed by atoms with Crippen molar-refractivity contribution in [1.82, 2.24) is 20.3 Å². The summed E-state index contributed by atoms with van der Waals surface area (Å²) in [6.45, 7) is 3.41. The van der Waals surface area contributed by atoms with Crippen LogP contribution in [0.25, 0.3) is 10.9 Å². The molecule has 1 amide bonds. The molecule has 0 aliphatic heterocycles. The van der Waals surface area contributed by atoms with Gasteiger partial charge in [0.05, 0.1) is 30.6 Å². The maximum absolute atomic E-state index is 13.5. The number of amides is 1. The molecule has 0 radical (unpaired) electrons. The number of nitriles is 1. The van der Waals surface area contributed by atoms with E-state index in [1.165, 1.54) is 30.6 Å². The lowest BCUT2D eigenvalue weighted by atomic mass is 10.0. The van der Waals surface area contributed by atoms with Crippen molar-refractivity contribution in [2.45, 2.75) is 26.3 Å². The number of nitrogens with one attached hydrogen (secondary N) is 2. The second-order valence-electron chi connectivity index (χ2n) is 6.15. The molecule has 2 heterocycles. The lowest BCUT2D eigenvalue weighted by Crippen LogP contribution is -2.31. The number of benzene rings is 1. The van der Waals surface area contributed by atoms with Crippen LogP contribution >= 0.6 is 0 Å². The minimum absolute atomic E-state index is 0. The summed E-state index contributed by atoms with van der Waals surface area (Å²) in [6, 6.07) is 5.52. The van der Waals surface area contributed by atoms with Gasteiger partial charge < -0.3 is 10.3 Å². The molecule has 2 N–H and O–H groups in total. The van der Waals surface area contributed by atoms with Gasteiger partial charge in [-0.3, -0.25) is 14.6 Å². The van der Waals surface area contributed by atoms with E-state index >= 15 is 0 Å². The van der Waals surface area contributed by atoms with E-state index in [1.54, 1.807) is 13.8 Å². The Balaban J connectivity index is 0.00000210. The Morgan fingerprint density at radius 1 is 1.41 bits per heavy atom. The first-order chi connectivity index (χ1) is 12.9. The molecule has 8 heteroatoms. The van der Waals surface area contributed by atoms with Crippen molar-refractivity contribution >= 4 is 16.8 Å². The number of nitrogens with zero attached hydrogens (tertiary/aromatic N) is 3. The van der Waals surface area contributed by atoms with Crippen LogP contribution in [0.15, 0.2) is 35.4 Å². The number of fused-ring (bicyclic) bond motifs is 1. The molecular weight excluding hydrogens is 349 g/mol. The Morgan fingerprint density at radius 2 is 2.19 bits per heavy atom. The second kappa shape index (κ2) is 7.33. The predicted octanol–water partition coefficient (Wildman–Crippen LogP) is 2.55. The van der Waals surface area contributed by atoms with E-state index < -0.39 is 11.9 Å². The largest absolute Gasteiger partial charge is 0.348 e. The molecule has 140 valence electrons. The van der Waals surface area contributed by atoms with Crippen molar-refractivity contribution in [3.63, 3.8) is 0 Å². The first kappa shape index (κ1) is 18.2. The molecule has 0 fully saturated rings. The first-order valence-corrected chi connectivity index (χ1v) is 8.21. The number of aryl methyl sites for hydroxylation is 1. The molecule has 0 saturated carbocycles. The van der Waals surface area contributed by atoms with Gasteiger partial charge in [-0.25, -0.2) is 9.37 Å². The van der Waals surface area contributed by atoms with Gasteiger partial charge in [0.25, 0.3) is 5.56 Å². The molecule has 0 aliphatic carbocycles. The van der Waals surface area contributed by atoms with Crippen LogP contribution in [0.5, 0.6) is 0 Å². The summed E-state index contributed by atoms with van der Waals surface area (Å²) >= 11 is 0. The molecular formula is C19H20FN5O2. The van der Waals surface area contributed by atoms with Gasteiger partial charge in [-0.1, -0.05) is 0 Å². The molecule has 7 nitrogen and oxygen atoms in total. The third kappa shape index (κ3) is 3.82. The zero-order chi connectivity index (χ0) is 19.6. The lowest BCUT2D eigenvalue weighted by molar-refractivity contribution is -0.121. The fourth-order valence-electron chi connectivity index (χ4n) is 2.83. The highest BCUT2D eigenvalue weighted by Crippen LogP contribution is 2.19. The standard InChI is InChI=1S/C19H16FN5O2.2H2/c1-10-14-5-12(20)3-4-16(14)25-19(27)15(10)6-18(26)24-11(2)17-9-22-13(7-21)8-23-17;;/h3-5,8-9,11H,6H2,1-2H3,(H,24,26)(H,25,27);2*1H/t11-;;/m1../s1. The Morgan fingerprint density at radius 3 is 2.85 bits per heavy atom. The van der Waals surface area contributed by atoms with E-state index in [-0.39, 0.29) is 32.0 Å². The number of H-pyrrole nitrogens is 1. The van der Waals surface area contributed by atoms with Crippen molar-refractivity contribution in [2.24, 2.45) is 0 Å². The topological polar surface area (TPSA) is 112 Å². The molecule has 0 bridgehead atoms. The van der Waals surface area contributed by atoms with Crippen LogP contribution in [0.2, 0.25) is 0 Å². The maximum atomic E-state index is 13.5. The summed E-state index contributed by atoms with van der Waals surface area (Å²) in [7, 11) is 0. The van der Waals surface area contributed by atoms with Gasteiger partial charge in [0.2, 0.25) is 5.91 Å². The zero-order valence-electron chi connectivity index (χ0n) is 14.7. The van der Waals surface area contributed by atoms with Gasteiger partial charge >= 0.3 is 0 Å². The van der Waals surface area contributed by atoms with Gasteiger partial charge in [-0.05, 0) is 37.6 Å². The SMILES string of the molecule is Cc1c(CC(=O)N[C@H](C)c2cnc(C#N)cn2)c(=O)[nH]c2ccc(F)cc12.[HH].[HH]. The number of hydrogen-bond donors (Lipinski definition) is 2. The fraction of sp³-hybridized carbons (Fsp3) is 0.211. The summed E-state index contributed by atoms with van der Waals surface area (Å²) in [5, 5.41) is 12.0. The molecule has 2 aromatic heterocycles. The maximum Gasteiger partial charge on any atom is 0.252 e. The smallest absolute Gasteiger partial charge is 0.252 e. The van der Waals surface area contributed by atoms with Crippen molar-refractivity contribution < 1.29 is 12.0 Å². The van der Waals surface area contributed by atoms with E-state index in [4.69, 9.17) is 5.26 Å². The lowest BCUT2D eigenvalue weighted by Gasteiger charge is -2.14. The average Bonchev–Trinajstić information content (AvgIpc) is 2.66. The van der Waals surface area contributed by atoms with Gasteiger partial charge in [0.15, 0.2) is 5.69 Å². The monoisotopic (exact) mass is 369 g/mol. The summed E-state index contributed by atoms with van der Waals surface area (Å²) < 4.78 is 13.5. The van der Waals surface area contributed by atoms with Crippen molar-refractivity contribution in [3.8, 4) is 6.07 Å². The van der Waals surface area contributed by atoms with Crippen LogP contribution in [-0.2, 0) is 11.2 Å². The van der Waals surface area contributed by atoms with Gasteiger partial charge in [0.1, 0.15) is 11.9 Å². The molecule has 3 rings (SSSR count). The van der Waals surface area contributed by atoms with Gasteiger partial charge in [-0.2, -0.15) is 5.26 Å². The summed E-state index contributed by atoms with van der Waals surface area (Å²) in [6.07, 6.45) is 2.59. The molecule has 27 heavy (non-hydrogen) atoms. The van der Waals surface area contributed by atoms with E-state index in [1.807, 2.05) is 6.07 Å². The molecule has 0 unspecified atom stereocenters. The Kier molecular flexibility index (Phi) is 4.94. The normalized spacial score (nSPS) is 11.8. The van der Waals surface area contributed by atoms with Gasteiger partial charge in [-0.15, -0.1) is 0 Å². The highest BCUT2D eigenvalue weighted by Gasteiger charge is 2.16. The zero-order valence-corrected chi connectivity index (χ0v) is 14.7. The Labute approximate surface area is 156 Å². The van der Waals surface area contributed by atoms with Crippen LogP contribution < -0.4 is 10.9 Å². The highest BCUT2D eigenvalue weighted by molar-refractivity contribution is 5.85. The quantitative estimate of drug-likeness (QED) is 0.734. The van der Waals surface area contributed by atoms with Crippen molar-refractivity contribution in [2.75, 3.05) is 0 Å². The van der Waals surface area contributed by atoms with Crippen LogP contribution in [0.4, 0.5) is 4.39 Å². The molecule has 3 aromatic rings. The number of pyridine rings is 1. The van der Waals surface area contributed by atoms with E-state index in [0.29, 0.717) is 22.2 Å². The highest BCUT2D eigenvalue weighted by atomic mass is 19.1.